The van der Waals surface area contributed by atoms with Crippen LogP contribution < -0.4 is 15.4 Å². The molecule has 2 amide bonds. The molecule has 3 heterocycles. The summed E-state index contributed by atoms with van der Waals surface area (Å²) in [6, 6.07) is 5.33. The Hall–Kier alpha value is -3.15. The summed E-state index contributed by atoms with van der Waals surface area (Å²) in [6.07, 6.45) is 5.41. The van der Waals surface area contributed by atoms with Crippen LogP contribution >= 0.6 is 11.8 Å². The third kappa shape index (κ3) is 7.41. The van der Waals surface area contributed by atoms with E-state index in [1.54, 1.807) is 30.5 Å². The molecule has 0 atom stereocenters. The van der Waals surface area contributed by atoms with Crippen LogP contribution in [0.4, 0.5) is 23.9 Å². The number of aromatic nitrogens is 3. The molecule has 12 heteroatoms. The minimum absolute atomic E-state index is 0.0463. The fraction of sp³-hybridized carbons (Fsp3) is 0.435. The zero-order valence-corrected chi connectivity index (χ0v) is 19.5. The molecule has 0 unspecified atom stereocenters. The molecule has 0 aromatic carbocycles. The molecule has 4 rings (SSSR count). The van der Waals surface area contributed by atoms with Gasteiger partial charge in [0.1, 0.15) is 0 Å². The first-order valence-electron chi connectivity index (χ1n) is 11.2. The van der Waals surface area contributed by atoms with Crippen LogP contribution in [0.5, 0.6) is 5.88 Å². The van der Waals surface area contributed by atoms with Gasteiger partial charge in [0.25, 0.3) is 11.1 Å². The van der Waals surface area contributed by atoms with Crippen molar-refractivity contribution in [1.29, 1.82) is 0 Å². The minimum Gasteiger partial charge on any atom is -0.468 e. The number of aryl methyl sites for hydroxylation is 1. The summed E-state index contributed by atoms with van der Waals surface area (Å²) in [6.45, 7) is -1.35. The molecule has 2 N–H and O–H groups in total. The number of ether oxygens (including phenoxy) is 1. The van der Waals surface area contributed by atoms with Gasteiger partial charge in [0.15, 0.2) is 6.61 Å². The Morgan fingerprint density at radius 3 is 2.66 bits per heavy atom. The average Bonchev–Trinajstić information content (AvgIpc) is 3.14. The van der Waals surface area contributed by atoms with Gasteiger partial charge in [0.05, 0.1) is 10.6 Å². The first-order valence-corrected chi connectivity index (χ1v) is 12.0. The highest BCUT2D eigenvalue weighted by atomic mass is 32.2. The maximum atomic E-state index is 12.5. The van der Waals surface area contributed by atoms with Crippen molar-refractivity contribution >= 4 is 34.9 Å². The van der Waals surface area contributed by atoms with Gasteiger partial charge in [-0.1, -0.05) is 6.07 Å². The SMILES string of the molecule is O=C1NC(=O)/C(=C/c2ccnc(NC3CCC(CCc4cccnc4OCC(F)(F)F)CC3)n2)S1. The summed E-state index contributed by atoms with van der Waals surface area (Å²) < 4.78 is 42.3. The number of nitrogens with zero attached hydrogens (tertiary/aromatic N) is 3. The van der Waals surface area contributed by atoms with E-state index in [1.165, 1.54) is 6.20 Å². The lowest BCUT2D eigenvalue weighted by Crippen LogP contribution is -2.27. The van der Waals surface area contributed by atoms with Crippen LogP contribution in [0.15, 0.2) is 35.5 Å². The lowest BCUT2D eigenvalue weighted by Gasteiger charge is -2.29. The van der Waals surface area contributed by atoms with Crippen LogP contribution in [-0.2, 0) is 11.2 Å². The number of amides is 2. The highest BCUT2D eigenvalue weighted by Gasteiger charge is 2.29. The number of alkyl halides is 3. The van der Waals surface area contributed by atoms with Crippen LogP contribution in [0.25, 0.3) is 6.08 Å². The highest BCUT2D eigenvalue weighted by molar-refractivity contribution is 8.18. The van der Waals surface area contributed by atoms with E-state index < -0.39 is 23.9 Å². The van der Waals surface area contributed by atoms with Crippen molar-refractivity contribution in [2.45, 2.75) is 50.7 Å². The van der Waals surface area contributed by atoms with Gasteiger partial charge in [0.2, 0.25) is 11.8 Å². The fourth-order valence-corrected chi connectivity index (χ4v) is 4.78. The standard InChI is InChI=1S/C23H24F3N5O3S/c24-23(25,26)13-34-20-15(2-1-10-27-20)6-3-14-4-7-16(8-5-14)29-21-28-11-9-17(30-21)12-18-19(32)31-22(33)35-18/h1-2,9-12,14,16H,3-8,13H2,(H,28,29,30)(H,31,32,33)/b18-12-. The molecule has 35 heavy (non-hydrogen) atoms. The number of rotatable bonds is 8. The van der Waals surface area contributed by atoms with E-state index in [4.69, 9.17) is 4.74 Å². The molecule has 2 aliphatic rings. The zero-order chi connectivity index (χ0) is 24.8. The molecule has 0 radical (unpaired) electrons. The topological polar surface area (TPSA) is 106 Å². The number of hydrogen-bond acceptors (Lipinski definition) is 8. The first kappa shape index (κ1) is 25.0. The number of pyridine rings is 1. The van der Waals surface area contributed by atoms with Crippen LogP contribution in [0.3, 0.4) is 0 Å². The predicted molar refractivity (Wildman–Crippen MR) is 125 cm³/mol. The molecule has 1 saturated heterocycles. The van der Waals surface area contributed by atoms with Gasteiger partial charge in [0, 0.05) is 24.0 Å². The van der Waals surface area contributed by atoms with Gasteiger partial charge in [-0.25, -0.2) is 15.0 Å². The summed E-state index contributed by atoms with van der Waals surface area (Å²) >= 11 is 0.837. The normalized spacial score (nSPS) is 21.7. The van der Waals surface area contributed by atoms with Gasteiger partial charge >= 0.3 is 6.18 Å². The smallest absolute Gasteiger partial charge is 0.422 e. The lowest BCUT2D eigenvalue weighted by molar-refractivity contribution is -0.154. The van der Waals surface area contributed by atoms with E-state index in [9.17, 15) is 22.8 Å². The minimum atomic E-state index is -4.40. The molecule has 2 aromatic rings. The quantitative estimate of drug-likeness (QED) is 0.494. The number of halogens is 3. The molecule has 8 nitrogen and oxygen atoms in total. The van der Waals surface area contributed by atoms with E-state index in [0.29, 0.717) is 34.4 Å². The molecule has 0 bridgehead atoms. The van der Waals surface area contributed by atoms with E-state index in [2.05, 4.69) is 25.6 Å². The Balaban J connectivity index is 1.26. The zero-order valence-electron chi connectivity index (χ0n) is 18.7. The molecule has 0 spiro atoms. The van der Waals surface area contributed by atoms with Gasteiger partial charge in [-0.15, -0.1) is 0 Å². The Kier molecular flexibility index (Phi) is 7.89. The molecule has 2 aromatic heterocycles. The third-order valence-corrected chi connectivity index (χ3v) is 6.63. The molecular formula is C23H24F3N5O3S. The van der Waals surface area contributed by atoms with Gasteiger partial charge in [-0.2, -0.15) is 13.2 Å². The Bertz CT molecular complexity index is 1100. The van der Waals surface area contributed by atoms with Crippen LogP contribution in [0, 0.1) is 5.92 Å². The van der Waals surface area contributed by atoms with Crippen LogP contribution in [-0.4, -0.2) is 44.9 Å². The molecule has 1 aliphatic carbocycles. The summed E-state index contributed by atoms with van der Waals surface area (Å²) in [5, 5.41) is 5.14. The van der Waals surface area contributed by atoms with Crippen molar-refractivity contribution in [3.05, 3.63) is 46.8 Å². The summed E-state index contributed by atoms with van der Waals surface area (Å²) in [5.74, 6) is 0.525. The first-order chi connectivity index (χ1) is 16.7. The largest absolute Gasteiger partial charge is 0.468 e. The molecule has 186 valence electrons. The Morgan fingerprint density at radius 2 is 1.94 bits per heavy atom. The van der Waals surface area contributed by atoms with Gasteiger partial charge in [-0.05, 0) is 74.4 Å². The number of imide groups is 1. The fourth-order valence-electron chi connectivity index (χ4n) is 4.11. The second-order valence-corrected chi connectivity index (χ2v) is 9.44. The second-order valence-electron chi connectivity index (χ2n) is 8.43. The summed E-state index contributed by atoms with van der Waals surface area (Å²) in [7, 11) is 0. The van der Waals surface area contributed by atoms with Crippen molar-refractivity contribution in [1.82, 2.24) is 20.3 Å². The molecular weight excluding hydrogens is 483 g/mol. The van der Waals surface area contributed by atoms with Crippen molar-refractivity contribution in [3.63, 3.8) is 0 Å². The number of carbonyl (C=O) groups excluding carboxylic acids is 2. The monoisotopic (exact) mass is 507 g/mol. The number of nitrogens with one attached hydrogen (secondary N) is 2. The van der Waals surface area contributed by atoms with E-state index in [-0.39, 0.29) is 11.9 Å². The summed E-state index contributed by atoms with van der Waals surface area (Å²) in [4.78, 5) is 36.0. The van der Waals surface area contributed by atoms with Crippen LogP contribution in [0.1, 0.15) is 43.4 Å². The van der Waals surface area contributed by atoms with Gasteiger partial charge in [-0.3, -0.25) is 14.9 Å². The number of anilines is 1. The number of thioether (sulfide) groups is 1. The van der Waals surface area contributed by atoms with E-state index in [1.807, 2.05) is 0 Å². The average molecular weight is 508 g/mol. The molecule has 2 fully saturated rings. The summed E-state index contributed by atoms with van der Waals surface area (Å²) in [5.41, 5.74) is 1.22. The van der Waals surface area contributed by atoms with E-state index >= 15 is 0 Å². The number of carbonyl (C=O) groups is 2. The van der Waals surface area contributed by atoms with Crippen LogP contribution in [0.2, 0.25) is 0 Å². The molecule has 1 aliphatic heterocycles. The number of hydrogen-bond donors (Lipinski definition) is 2. The van der Waals surface area contributed by atoms with Gasteiger partial charge < -0.3 is 10.1 Å². The van der Waals surface area contributed by atoms with E-state index in [0.717, 1.165) is 43.9 Å². The predicted octanol–water partition coefficient (Wildman–Crippen LogP) is 4.74. The Morgan fingerprint density at radius 1 is 1.14 bits per heavy atom. The Labute approximate surface area is 204 Å². The highest BCUT2D eigenvalue weighted by Crippen LogP contribution is 2.31. The third-order valence-electron chi connectivity index (χ3n) is 5.82. The second kappa shape index (κ2) is 11.1. The van der Waals surface area contributed by atoms with Crippen molar-refractivity contribution in [2.75, 3.05) is 11.9 Å². The maximum Gasteiger partial charge on any atom is 0.422 e. The van der Waals surface area contributed by atoms with Crippen molar-refractivity contribution < 1.29 is 27.5 Å². The van der Waals surface area contributed by atoms with Crippen molar-refractivity contribution in [3.8, 4) is 5.88 Å². The molecule has 1 saturated carbocycles. The van der Waals surface area contributed by atoms with Crippen molar-refractivity contribution in [2.24, 2.45) is 5.92 Å². The maximum absolute atomic E-state index is 12.5. The lowest BCUT2D eigenvalue weighted by atomic mass is 9.83.